The summed E-state index contributed by atoms with van der Waals surface area (Å²) in [7, 11) is 1.77. The van der Waals surface area contributed by atoms with E-state index in [1.807, 2.05) is 6.07 Å². The highest BCUT2D eigenvalue weighted by Gasteiger charge is 2.21. The van der Waals surface area contributed by atoms with Crippen molar-refractivity contribution in [1.29, 1.82) is 0 Å². The van der Waals surface area contributed by atoms with Crippen molar-refractivity contribution in [3.8, 4) is 5.75 Å². The maximum atomic E-state index is 9.35. The number of benzene rings is 1. The molecule has 2 rings (SSSR count). The van der Waals surface area contributed by atoms with Crippen LogP contribution in [0.5, 0.6) is 5.75 Å². The van der Waals surface area contributed by atoms with Gasteiger partial charge >= 0.3 is 0 Å². The lowest BCUT2D eigenvalue weighted by Gasteiger charge is -2.29. The fourth-order valence-corrected chi connectivity index (χ4v) is 2.50. The van der Waals surface area contributed by atoms with E-state index in [1.165, 1.54) is 6.42 Å². The first-order chi connectivity index (χ1) is 8.19. The summed E-state index contributed by atoms with van der Waals surface area (Å²) in [4.78, 5) is 0. The topological polar surface area (TPSA) is 41.5 Å². The average Bonchev–Trinajstić information content (AvgIpc) is 2.34. The van der Waals surface area contributed by atoms with E-state index in [2.05, 4.69) is 5.32 Å². The summed E-state index contributed by atoms with van der Waals surface area (Å²) >= 11 is 5.87. The summed E-state index contributed by atoms with van der Waals surface area (Å²) in [5, 5.41) is 13.2. The number of nitrogens with one attached hydrogen (secondary N) is 1. The van der Waals surface area contributed by atoms with Gasteiger partial charge < -0.3 is 15.2 Å². The third-order valence-electron chi connectivity index (χ3n) is 3.28. The Hall–Kier alpha value is -0.930. The molecule has 1 fully saturated rings. The first-order valence-corrected chi connectivity index (χ1v) is 6.34. The van der Waals surface area contributed by atoms with Gasteiger partial charge in [-0.1, -0.05) is 11.6 Å². The van der Waals surface area contributed by atoms with Crippen LogP contribution >= 0.6 is 11.6 Å². The van der Waals surface area contributed by atoms with Gasteiger partial charge in [-0.05, 0) is 43.9 Å². The Bertz CT molecular complexity index is 384. The SMILES string of the molecule is COC1CCCC(Nc2ccc(O)c(Cl)c2)C1. The molecule has 2 unspecified atom stereocenters. The van der Waals surface area contributed by atoms with Crippen molar-refractivity contribution >= 4 is 17.3 Å². The van der Waals surface area contributed by atoms with Crippen LogP contribution in [-0.4, -0.2) is 24.4 Å². The summed E-state index contributed by atoms with van der Waals surface area (Å²) in [5.74, 6) is 0.121. The normalized spacial score (nSPS) is 24.6. The number of anilines is 1. The van der Waals surface area contributed by atoms with Crippen LogP contribution in [0.25, 0.3) is 0 Å². The van der Waals surface area contributed by atoms with Gasteiger partial charge in [0.25, 0.3) is 0 Å². The highest BCUT2D eigenvalue weighted by atomic mass is 35.5. The molecule has 0 aromatic heterocycles. The summed E-state index contributed by atoms with van der Waals surface area (Å²) in [6.45, 7) is 0. The molecule has 4 heteroatoms. The van der Waals surface area contributed by atoms with E-state index < -0.39 is 0 Å². The van der Waals surface area contributed by atoms with Gasteiger partial charge in [0.15, 0.2) is 0 Å². The van der Waals surface area contributed by atoms with E-state index in [4.69, 9.17) is 16.3 Å². The van der Waals surface area contributed by atoms with Crippen molar-refractivity contribution < 1.29 is 9.84 Å². The standard InChI is InChI=1S/C13H18ClNO2/c1-17-11-4-2-3-9(7-11)15-10-5-6-13(16)12(14)8-10/h5-6,8-9,11,15-16H,2-4,7H2,1H3. The maximum absolute atomic E-state index is 9.35. The summed E-state index contributed by atoms with van der Waals surface area (Å²) in [6.07, 6.45) is 4.86. The Morgan fingerprint density at radius 3 is 2.94 bits per heavy atom. The lowest BCUT2D eigenvalue weighted by Crippen LogP contribution is -2.30. The largest absolute Gasteiger partial charge is 0.506 e. The van der Waals surface area contributed by atoms with Crippen molar-refractivity contribution in [2.24, 2.45) is 0 Å². The summed E-state index contributed by atoms with van der Waals surface area (Å²) in [6, 6.07) is 5.64. The van der Waals surface area contributed by atoms with Gasteiger partial charge in [0, 0.05) is 18.8 Å². The van der Waals surface area contributed by atoms with Gasteiger partial charge in [0.2, 0.25) is 0 Å². The minimum atomic E-state index is 0.121. The second-order valence-corrected chi connectivity index (χ2v) is 4.94. The molecule has 17 heavy (non-hydrogen) atoms. The monoisotopic (exact) mass is 255 g/mol. The molecule has 0 amide bonds. The van der Waals surface area contributed by atoms with Crippen LogP contribution in [0, 0.1) is 0 Å². The lowest BCUT2D eigenvalue weighted by atomic mass is 9.92. The number of aromatic hydroxyl groups is 1. The molecule has 1 aliphatic carbocycles. The van der Waals surface area contributed by atoms with Crippen molar-refractivity contribution in [1.82, 2.24) is 0 Å². The molecule has 94 valence electrons. The zero-order chi connectivity index (χ0) is 12.3. The predicted octanol–water partition coefficient (Wildman–Crippen LogP) is 3.42. The summed E-state index contributed by atoms with van der Waals surface area (Å²) in [5.41, 5.74) is 0.953. The van der Waals surface area contributed by atoms with Crippen LogP contribution in [-0.2, 0) is 4.74 Å². The van der Waals surface area contributed by atoms with E-state index in [0.717, 1.165) is 24.9 Å². The maximum Gasteiger partial charge on any atom is 0.134 e. The van der Waals surface area contributed by atoms with Gasteiger partial charge in [-0.15, -0.1) is 0 Å². The van der Waals surface area contributed by atoms with Crippen molar-refractivity contribution in [3.63, 3.8) is 0 Å². The van der Waals surface area contributed by atoms with E-state index in [-0.39, 0.29) is 5.75 Å². The Kier molecular flexibility index (Phi) is 4.13. The number of phenols is 1. The molecule has 0 bridgehead atoms. The highest BCUT2D eigenvalue weighted by molar-refractivity contribution is 6.32. The van der Waals surface area contributed by atoms with Crippen molar-refractivity contribution in [2.45, 2.75) is 37.8 Å². The number of phenolic OH excluding ortho intramolecular Hbond substituents is 1. The number of hydrogen-bond donors (Lipinski definition) is 2. The van der Waals surface area contributed by atoms with Gasteiger partial charge in [0.1, 0.15) is 5.75 Å². The van der Waals surface area contributed by atoms with Crippen LogP contribution in [0.4, 0.5) is 5.69 Å². The van der Waals surface area contributed by atoms with Crippen molar-refractivity contribution in [2.75, 3.05) is 12.4 Å². The minimum Gasteiger partial charge on any atom is -0.506 e. The molecule has 0 heterocycles. The first-order valence-electron chi connectivity index (χ1n) is 5.97. The van der Waals surface area contributed by atoms with Crippen LogP contribution in [0.15, 0.2) is 18.2 Å². The van der Waals surface area contributed by atoms with Crippen LogP contribution in [0.3, 0.4) is 0 Å². The molecule has 1 aromatic rings. The molecular weight excluding hydrogens is 238 g/mol. The van der Waals surface area contributed by atoms with Crippen molar-refractivity contribution in [3.05, 3.63) is 23.2 Å². The molecule has 0 radical (unpaired) electrons. The summed E-state index contributed by atoms with van der Waals surface area (Å²) < 4.78 is 5.40. The fourth-order valence-electron chi connectivity index (χ4n) is 2.32. The Morgan fingerprint density at radius 1 is 1.41 bits per heavy atom. The molecule has 1 aliphatic rings. The average molecular weight is 256 g/mol. The molecule has 3 nitrogen and oxygen atoms in total. The van der Waals surface area contributed by atoms with Gasteiger partial charge in [0.05, 0.1) is 11.1 Å². The minimum absolute atomic E-state index is 0.121. The number of ether oxygens (including phenoxy) is 1. The van der Waals surface area contributed by atoms with E-state index >= 15 is 0 Å². The molecule has 0 aliphatic heterocycles. The second-order valence-electron chi connectivity index (χ2n) is 4.53. The first kappa shape index (κ1) is 12.5. The Balaban J connectivity index is 1.97. The Morgan fingerprint density at radius 2 is 2.24 bits per heavy atom. The van der Waals surface area contributed by atoms with Crippen LogP contribution < -0.4 is 5.32 Å². The number of hydrogen-bond acceptors (Lipinski definition) is 3. The zero-order valence-corrected chi connectivity index (χ0v) is 10.7. The fraction of sp³-hybridized carbons (Fsp3) is 0.538. The quantitative estimate of drug-likeness (QED) is 0.814. The van der Waals surface area contributed by atoms with Gasteiger partial charge in [-0.25, -0.2) is 0 Å². The molecular formula is C13H18ClNO2. The smallest absolute Gasteiger partial charge is 0.134 e. The van der Waals surface area contributed by atoms with Gasteiger partial charge in [-0.2, -0.15) is 0 Å². The molecule has 0 spiro atoms. The number of methoxy groups -OCH3 is 1. The molecule has 1 aromatic carbocycles. The molecule has 0 saturated heterocycles. The van der Waals surface area contributed by atoms with Gasteiger partial charge in [-0.3, -0.25) is 0 Å². The number of halogens is 1. The van der Waals surface area contributed by atoms with E-state index in [9.17, 15) is 5.11 Å². The molecule has 2 N–H and O–H groups in total. The van der Waals surface area contributed by atoms with Crippen LogP contribution in [0.2, 0.25) is 5.02 Å². The third-order valence-corrected chi connectivity index (χ3v) is 3.58. The zero-order valence-electron chi connectivity index (χ0n) is 9.95. The second kappa shape index (κ2) is 5.61. The third kappa shape index (κ3) is 3.27. The van der Waals surface area contributed by atoms with E-state index in [0.29, 0.717) is 17.2 Å². The Labute approximate surface area is 107 Å². The lowest BCUT2D eigenvalue weighted by molar-refractivity contribution is 0.0669. The molecule has 1 saturated carbocycles. The highest BCUT2D eigenvalue weighted by Crippen LogP contribution is 2.29. The molecule has 2 atom stereocenters. The predicted molar refractivity (Wildman–Crippen MR) is 69.8 cm³/mol. The number of rotatable bonds is 3. The van der Waals surface area contributed by atoms with E-state index in [1.54, 1.807) is 19.2 Å². The van der Waals surface area contributed by atoms with Crippen LogP contribution in [0.1, 0.15) is 25.7 Å².